The largest absolute Gasteiger partial charge is 0.496 e. The zero-order chi connectivity index (χ0) is 15.4. The molecule has 0 spiro atoms. The normalized spacial score (nSPS) is 12.2. The maximum atomic E-state index is 6.29. The van der Waals surface area contributed by atoms with E-state index in [2.05, 4.69) is 37.3 Å². The summed E-state index contributed by atoms with van der Waals surface area (Å²) in [4.78, 5) is 0. The molecular formula is C15H15Br2ClN2O. The van der Waals surface area contributed by atoms with E-state index in [0.717, 1.165) is 32.2 Å². The van der Waals surface area contributed by atoms with Gasteiger partial charge < -0.3 is 4.74 Å². The molecule has 0 saturated carbocycles. The number of hydrogen-bond acceptors (Lipinski definition) is 3. The Labute approximate surface area is 146 Å². The van der Waals surface area contributed by atoms with Gasteiger partial charge in [-0.05, 0) is 57.7 Å². The van der Waals surface area contributed by atoms with Crippen LogP contribution in [0.5, 0.6) is 5.75 Å². The number of hydrazine groups is 1. The van der Waals surface area contributed by atoms with Crippen LogP contribution in [-0.2, 0) is 6.42 Å². The molecule has 1 atom stereocenters. The molecule has 0 saturated heterocycles. The van der Waals surface area contributed by atoms with Crippen LogP contribution in [0.2, 0.25) is 5.02 Å². The minimum Gasteiger partial charge on any atom is -0.496 e. The first kappa shape index (κ1) is 16.8. The third kappa shape index (κ3) is 4.20. The summed E-state index contributed by atoms with van der Waals surface area (Å²) in [5.41, 5.74) is 4.93. The van der Waals surface area contributed by atoms with Crippen molar-refractivity contribution in [1.82, 2.24) is 5.43 Å². The van der Waals surface area contributed by atoms with E-state index in [1.165, 1.54) is 0 Å². The van der Waals surface area contributed by atoms with Crippen LogP contribution in [0.1, 0.15) is 17.2 Å². The van der Waals surface area contributed by atoms with E-state index in [0.29, 0.717) is 5.02 Å². The minimum atomic E-state index is -0.0640. The average Bonchev–Trinajstić information content (AvgIpc) is 2.45. The summed E-state index contributed by atoms with van der Waals surface area (Å²) in [6, 6.07) is 11.7. The Morgan fingerprint density at radius 2 is 2.00 bits per heavy atom. The molecule has 3 nitrogen and oxygen atoms in total. The van der Waals surface area contributed by atoms with Crippen molar-refractivity contribution in [2.45, 2.75) is 12.5 Å². The first-order valence-electron chi connectivity index (χ1n) is 6.28. The molecular weight excluding hydrogens is 419 g/mol. The van der Waals surface area contributed by atoms with Crippen molar-refractivity contribution in [2.24, 2.45) is 5.84 Å². The van der Waals surface area contributed by atoms with Crippen molar-refractivity contribution in [3.8, 4) is 5.75 Å². The van der Waals surface area contributed by atoms with E-state index < -0.39 is 0 Å². The van der Waals surface area contributed by atoms with Gasteiger partial charge in [-0.3, -0.25) is 11.3 Å². The molecule has 1 unspecified atom stereocenters. The summed E-state index contributed by atoms with van der Waals surface area (Å²) < 4.78 is 7.10. The van der Waals surface area contributed by atoms with Crippen LogP contribution in [-0.4, -0.2) is 7.11 Å². The quantitative estimate of drug-likeness (QED) is 0.533. The zero-order valence-corrected chi connectivity index (χ0v) is 15.3. The molecule has 0 radical (unpaired) electrons. The lowest BCUT2D eigenvalue weighted by molar-refractivity contribution is 0.412. The summed E-state index contributed by atoms with van der Waals surface area (Å²) in [7, 11) is 1.64. The SMILES string of the molecule is COc1ccc(CC(NN)c2ccc(Br)cc2Cl)cc1Br. The van der Waals surface area contributed by atoms with Crippen molar-refractivity contribution in [2.75, 3.05) is 7.11 Å². The van der Waals surface area contributed by atoms with Gasteiger partial charge in [-0.15, -0.1) is 0 Å². The number of nitrogens with two attached hydrogens (primary N) is 1. The molecule has 0 fully saturated rings. The molecule has 2 rings (SSSR count). The molecule has 0 aliphatic carbocycles. The molecule has 0 aliphatic heterocycles. The summed E-state index contributed by atoms with van der Waals surface area (Å²) in [5, 5.41) is 0.680. The van der Waals surface area contributed by atoms with Crippen LogP contribution in [0.25, 0.3) is 0 Å². The van der Waals surface area contributed by atoms with Crippen LogP contribution >= 0.6 is 43.5 Å². The van der Waals surface area contributed by atoms with Gasteiger partial charge >= 0.3 is 0 Å². The van der Waals surface area contributed by atoms with E-state index >= 15 is 0 Å². The molecule has 3 N–H and O–H groups in total. The third-order valence-corrected chi connectivity index (χ3v) is 4.64. The van der Waals surface area contributed by atoms with E-state index in [9.17, 15) is 0 Å². The lowest BCUT2D eigenvalue weighted by Crippen LogP contribution is -2.29. The van der Waals surface area contributed by atoms with Crippen molar-refractivity contribution in [3.63, 3.8) is 0 Å². The lowest BCUT2D eigenvalue weighted by Gasteiger charge is -2.18. The maximum Gasteiger partial charge on any atom is 0.133 e. The van der Waals surface area contributed by atoms with Crippen molar-refractivity contribution >= 4 is 43.5 Å². The highest BCUT2D eigenvalue weighted by molar-refractivity contribution is 9.10. The molecule has 0 aliphatic rings. The molecule has 0 amide bonds. The molecule has 6 heteroatoms. The number of ether oxygens (including phenoxy) is 1. The first-order chi connectivity index (χ1) is 10.0. The van der Waals surface area contributed by atoms with Crippen LogP contribution < -0.4 is 16.0 Å². The van der Waals surface area contributed by atoms with Crippen molar-refractivity contribution in [3.05, 3.63) is 61.5 Å². The van der Waals surface area contributed by atoms with Gasteiger partial charge in [-0.2, -0.15) is 0 Å². The van der Waals surface area contributed by atoms with Crippen LogP contribution in [0, 0.1) is 0 Å². The Hall–Kier alpha value is -0.590. The highest BCUT2D eigenvalue weighted by atomic mass is 79.9. The Balaban J connectivity index is 2.24. The average molecular weight is 435 g/mol. The number of benzene rings is 2. The summed E-state index contributed by atoms with van der Waals surface area (Å²) in [6.45, 7) is 0. The number of halogens is 3. The van der Waals surface area contributed by atoms with Gasteiger partial charge in [0.15, 0.2) is 0 Å². The predicted octanol–water partition coefficient (Wildman–Crippen LogP) is 4.62. The zero-order valence-electron chi connectivity index (χ0n) is 11.4. The first-order valence-corrected chi connectivity index (χ1v) is 8.25. The summed E-state index contributed by atoms with van der Waals surface area (Å²) in [5.74, 6) is 6.50. The summed E-state index contributed by atoms with van der Waals surface area (Å²) >= 11 is 13.2. The fraction of sp³-hybridized carbons (Fsp3) is 0.200. The molecule has 2 aromatic rings. The van der Waals surface area contributed by atoms with Gasteiger partial charge in [0.2, 0.25) is 0 Å². The highest BCUT2D eigenvalue weighted by Gasteiger charge is 2.15. The monoisotopic (exact) mass is 432 g/mol. The molecule has 112 valence electrons. The molecule has 21 heavy (non-hydrogen) atoms. The van der Waals surface area contributed by atoms with Gasteiger partial charge in [0, 0.05) is 9.50 Å². The third-order valence-electron chi connectivity index (χ3n) is 3.20. The minimum absolute atomic E-state index is 0.0640. The van der Waals surface area contributed by atoms with Gasteiger partial charge in [-0.25, -0.2) is 0 Å². The van der Waals surface area contributed by atoms with Gasteiger partial charge in [0.1, 0.15) is 5.75 Å². The Bertz CT molecular complexity index is 637. The van der Waals surface area contributed by atoms with Crippen LogP contribution in [0.15, 0.2) is 45.3 Å². The lowest BCUT2D eigenvalue weighted by atomic mass is 9.99. The number of nitrogens with one attached hydrogen (secondary N) is 1. The van der Waals surface area contributed by atoms with E-state index in [-0.39, 0.29) is 6.04 Å². The Morgan fingerprint density at radius 3 is 2.57 bits per heavy atom. The molecule has 0 bridgehead atoms. The standard InChI is InChI=1S/C15H15Br2ClN2O/c1-21-15-5-2-9(6-12(15)17)7-14(20-19)11-4-3-10(16)8-13(11)18/h2-6,8,14,20H,7,19H2,1H3. The van der Waals surface area contributed by atoms with E-state index in [1.807, 2.05) is 36.4 Å². The fourth-order valence-corrected chi connectivity index (χ4v) is 3.51. The topological polar surface area (TPSA) is 47.3 Å². The second kappa shape index (κ2) is 7.61. The smallest absolute Gasteiger partial charge is 0.133 e. The van der Waals surface area contributed by atoms with Crippen LogP contribution in [0.4, 0.5) is 0 Å². The maximum absolute atomic E-state index is 6.29. The molecule has 2 aromatic carbocycles. The number of methoxy groups -OCH3 is 1. The van der Waals surface area contributed by atoms with Crippen LogP contribution in [0.3, 0.4) is 0 Å². The van der Waals surface area contributed by atoms with E-state index in [1.54, 1.807) is 7.11 Å². The fourth-order valence-electron chi connectivity index (χ4n) is 2.12. The Kier molecular flexibility index (Phi) is 6.08. The van der Waals surface area contributed by atoms with Gasteiger partial charge in [0.05, 0.1) is 17.6 Å². The van der Waals surface area contributed by atoms with Gasteiger partial charge in [0.25, 0.3) is 0 Å². The molecule has 0 aromatic heterocycles. The highest BCUT2D eigenvalue weighted by Crippen LogP contribution is 2.30. The van der Waals surface area contributed by atoms with Crippen molar-refractivity contribution in [1.29, 1.82) is 0 Å². The second-order valence-corrected chi connectivity index (χ2v) is 6.74. The summed E-state index contributed by atoms with van der Waals surface area (Å²) in [6.07, 6.45) is 0.723. The predicted molar refractivity (Wildman–Crippen MR) is 93.6 cm³/mol. The number of rotatable bonds is 5. The van der Waals surface area contributed by atoms with Crippen molar-refractivity contribution < 1.29 is 4.74 Å². The van der Waals surface area contributed by atoms with E-state index in [4.69, 9.17) is 22.2 Å². The Morgan fingerprint density at radius 1 is 1.24 bits per heavy atom. The van der Waals surface area contributed by atoms with Gasteiger partial charge in [-0.1, -0.05) is 39.7 Å². The second-order valence-electron chi connectivity index (χ2n) is 4.56. The molecule has 0 heterocycles. The number of hydrogen-bond donors (Lipinski definition) is 2.